The molecular formula is C42H47F4N7O4. The molecule has 4 aromatic rings. The standard InChI is InChI=1S/C42H47F4N7O4/c1-24-3-6-32-31(18-47-50-32)33(24)34-29(26-4-5-26)15-30-35(36(34)56-23-42(44,45)46)48-39(57-28-16-40(17-28)7-11-51(12-8-40)27-19-55-20-27)49-37(30)52-13-9-41(10-14-52)21-53(22-41)38(54)25(2)43/h3,6,15,18,26-28H,2,4-5,7-14,16-17,19-23H2,1H3,(H,47,50). The van der Waals surface area contributed by atoms with E-state index in [1.165, 1.54) is 4.90 Å². The highest BCUT2D eigenvalue weighted by molar-refractivity contribution is 6.06. The number of benzene rings is 2. The van der Waals surface area contributed by atoms with E-state index in [9.17, 15) is 22.4 Å². The number of hydrogen-bond donors (Lipinski definition) is 1. The average molecular weight is 790 g/mol. The molecule has 302 valence electrons. The third-order valence-electron chi connectivity index (χ3n) is 13.7. The van der Waals surface area contributed by atoms with E-state index in [0.717, 1.165) is 105 Å². The number of aromatic amines is 1. The van der Waals surface area contributed by atoms with E-state index in [0.29, 0.717) is 49.0 Å². The first-order valence-electron chi connectivity index (χ1n) is 20.2. The molecule has 2 aliphatic carbocycles. The molecule has 6 aliphatic rings. The van der Waals surface area contributed by atoms with Gasteiger partial charge in [0, 0.05) is 47.9 Å². The number of ether oxygens (including phenoxy) is 3. The Labute approximate surface area is 327 Å². The molecule has 6 heterocycles. The predicted molar refractivity (Wildman–Crippen MR) is 205 cm³/mol. The van der Waals surface area contributed by atoms with E-state index in [2.05, 4.69) is 32.6 Å². The number of amides is 1. The molecule has 2 spiro atoms. The molecule has 1 amide bonds. The molecule has 0 bridgehead atoms. The maximum Gasteiger partial charge on any atom is 0.422 e. The first-order valence-corrected chi connectivity index (χ1v) is 20.2. The van der Waals surface area contributed by atoms with Crippen molar-refractivity contribution in [2.45, 2.75) is 82.5 Å². The van der Waals surface area contributed by atoms with Gasteiger partial charge in [0.1, 0.15) is 17.4 Å². The predicted octanol–water partition coefficient (Wildman–Crippen LogP) is 7.23. The van der Waals surface area contributed by atoms with Gasteiger partial charge in [0.2, 0.25) is 0 Å². The number of aromatic nitrogens is 4. The lowest BCUT2D eigenvalue weighted by Crippen LogP contribution is -2.62. The molecule has 2 saturated carbocycles. The molecule has 2 aromatic heterocycles. The third kappa shape index (κ3) is 6.67. The average Bonchev–Trinajstić information content (AvgIpc) is 3.87. The van der Waals surface area contributed by atoms with Crippen LogP contribution in [0.5, 0.6) is 11.8 Å². The summed E-state index contributed by atoms with van der Waals surface area (Å²) in [4.78, 5) is 28.5. The van der Waals surface area contributed by atoms with Crippen LogP contribution in [0.1, 0.15) is 68.4 Å². The van der Waals surface area contributed by atoms with Crippen molar-refractivity contribution in [1.29, 1.82) is 0 Å². The number of nitrogens with one attached hydrogen (secondary N) is 1. The second kappa shape index (κ2) is 13.5. The summed E-state index contributed by atoms with van der Waals surface area (Å²) in [7, 11) is 0. The summed E-state index contributed by atoms with van der Waals surface area (Å²) >= 11 is 0. The van der Waals surface area contributed by atoms with Crippen LogP contribution in [0.25, 0.3) is 32.9 Å². The molecular weight excluding hydrogens is 742 g/mol. The number of carbonyl (C=O) groups excluding carboxylic acids is 1. The van der Waals surface area contributed by atoms with Gasteiger partial charge in [-0.1, -0.05) is 12.6 Å². The number of rotatable bonds is 9. The van der Waals surface area contributed by atoms with E-state index < -0.39 is 24.5 Å². The van der Waals surface area contributed by atoms with E-state index in [1.807, 2.05) is 19.1 Å². The lowest BCUT2D eigenvalue weighted by atomic mass is 9.61. The van der Waals surface area contributed by atoms with Gasteiger partial charge in [-0.3, -0.25) is 14.8 Å². The number of H-pyrrole nitrogens is 1. The summed E-state index contributed by atoms with van der Waals surface area (Å²) < 4.78 is 74.0. The monoisotopic (exact) mass is 789 g/mol. The first kappa shape index (κ1) is 36.8. The third-order valence-corrected chi connectivity index (χ3v) is 13.7. The van der Waals surface area contributed by atoms with Crippen LogP contribution in [0, 0.1) is 17.8 Å². The van der Waals surface area contributed by atoms with Crippen molar-refractivity contribution in [2.75, 3.05) is 64.0 Å². The van der Waals surface area contributed by atoms with Crippen molar-refractivity contribution >= 4 is 33.5 Å². The second-order valence-corrected chi connectivity index (χ2v) is 17.6. The minimum absolute atomic E-state index is 0.0718. The largest absolute Gasteiger partial charge is 0.481 e. The number of nitrogens with zero attached hydrogens (tertiary/aromatic N) is 6. The quantitative estimate of drug-likeness (QED) is 0.139. The van der Waals surface area contributed by atoms with Crippen LogP contribution >= 0.6 is 0 Å². The lowest BCUT2D eigenvalue weighted by molar-refractivity contribution is -0.153. The Balaban J connectivity index is 1.04. The minimum atomic E-state index is -4.60. The fourth-order valence-electron chi connectivity index (χ4n) is 10.2. The number of carbonyl (C=O) groups is 1. The zero-order valence-corrected chi connectivity index (χ0v) is 32.1. The maximum absolute atomic E-state index is 14.1. The van der Waals surface area contributed by atoms with Gasteiger partial charge in [-0.15, -0.1) is 0 Å². The van der Waals surface area contributed by atoms with Crippen LogP contribution in [-0.4, -0.2) is 113 Å². The van der Waals surface area contributed by atoms with Crippen LogP contribution < -0.4 is 14.4 Å². The van der Waals surface area contributed by atoms with Gasteiger partial charge in [0.15, 0.2) is 18.2 Å². The number of hydrogen-bond acceptors (Lipinski definition) is 9. The van der Waals surface area contributed by atoms with Crippen molar-refractivity contribution in [3.8, 4) is 22.9 Å². The molecule has 4 aliphatic heterocycles. The summed E-state index contributed by atoms with van der Waals surface area (Å²) in [5, 5.41) is 8.72. The highest BCUT2D eigenvalue weighted by atomic mass is 19.4. The van der Waals surface area contributed by atoms with E-state index in [1.54, 1.807) is 6.20 Å². The van der Waals surface area contributed by atoms with Gasteiger partial charge in [0.05, 0.1) is 31.0 Å². The Bertz CT molecular complexity index is 2240. The second-order valence-electron chi connectivity index (χ2n) is 17.6. The number of piperidine rings is 2. The highest BCUT2D eigenvalue weighted by Gasteiger charge is 2.50. The summed E-state index contributed by atoms with van der Waals surface area (Å²) in [5.74, 6) is -0.822. The molecule has 10 rings (SSSR count). The summed E-state index contributed by atoms with van der Waals surface area (Å²) in [6.07, 6.45) is 4.19. The molecule has 6 fully saturated rings. The fourth-order valence-corrected chi connectivity index (χ4v) is 10.2. The van der Waals surface area contributed by atoms with Gasteiger partial charge < -0.3 is 24.0 Å². The first-order chi connectivity index (χ1) is 27.4. The minimum Gasteiger partial charge on any atom is -0.481 e. The zero-order valence-electron chi connectivity index (χ0n) is 32.1. The number of likely N-dealkylation sites (tertiary alicyclic amines) is 2. The topological polar surface area (TPSA) is 109 Å². The van der Waals surface area contributed by atoms with E-state index >= 15 is 0 Å². The summed E-state index contributed by atoms with van der Waals surface area (Å²) in [6.45, 7) is 9.43. The van der Waals surface area contributed by atoms with Crippen molar-refractivity contribution in [3.63, 3.8) is 0 Å². The number of aryl methyl sites for hydroxylation is 1. The highest BCUT2D eigenvalue weighted by Crippen LogP contribution is 2.54. The smallest absolute Gasteiger partial charge is 0.422 e. The number of anilines is 1. The molecule has 15 heteroatoms. The van der Waals surface area contributed by atoms with Crippen LogP contribution in [0.15, 0.2) is 36.8 Å². The van der Waals surface area contributed by atoms with Gasteiger partial charge >= 0.3 is 12.2 Å². The molecule has 4 saturated heterocycles. The fraction of sp³-hybridized carbons (Fsp3) is 0.571. The van der Waals surface area contributed by atoms with E-state index in [4.69, 9.17) is 24.2 Å². The zero-order chi connectivity index (χ0) is 39.3. The van der Waals surface area contributed by atoms with Gasteiger partial charge in [0.25, 0.3) is 5.91 Å². The Morgan fingerprint density at radius 2 is 1.72 bits per heavy atom. The van der Waals surface area contributed by atoms with Gasteiger partial charge in [-0.25, -0.2) is 4.39 Å². The summed E-state index contributed by atoms with van der Waals surface area (Å²) in [5.41, 5.74) is 4.28. The SMILES string of the molecule is C=C(F)C(=O)N1CC2(CCN(c3nc(OC4CC5(CCN(C6COC6)CC5)C4)nc4c(OCC(F)(F)F)c(-c5c(C)ccc6[nH]ncc56)c(C5CC5)cc34)CC2)C1. The Morgan fingerprint density at radius 1 is 1.00 bits per heavy atom. The van der Waals surface area contributed by atoms with Crippen LogP contribution in [-0.2, 0) is 9.53 Å². The van der Waals surface area contributed by atoms with Crippen molar-refractivity contribution in [1.82, 2.24) is 30.0 Å². The number of halogens is 4. The van der Waals surface area contributed by atoms with Crippen molar-refractivity contribution in [3.05, 3.63) is 47.9 Å². The van der Waals surface area contributed by atoms with Crippen LogP contribution in [0.4, 0.5) is 23.4 Å². The van der Waals surface area contributed by atoms with Gasteiger partial charge in [-0.2, -0.15) is 28.2 Å². The molecule has 2 aromatic carbocycles. The summed E-state index contributed by atoms with van der Waals surface area (Å²) in [6, 6.07) is 6.59. The molecule has 0 radical (unpaired) electrons. The molecule has 11 nitrogen and oxygen atoms in total. The Hall–Kier alpha value is -4.50. The van der Waals surface area contributed by atoms with Crippen LogP contribution in [0.2, 0.25) is 0 Å². The lowest BCUT2D eigenvalue weighted by Gasteiger charge is -2.54. The van der Waals surface area contributed by atoms with Crippen molar-refractivity contribution < 1.29 is 36.6 Å². The number of fused-ring (bicyclic) bond motifs is 2. The van der Waals surface area contributed by atoms with Gasteiger partial charge in [-0.05, 0) is 112 Å². The molecule has 0 unspecified atom stereocenters. The molecule has 0 atom stereocenters. The normalized spacial score (nSPS) is 22.5. The van der Waals surface area contributed by atoms with Crippen LogP contribution in [0.3, 0.4) is 0 Å². The van der Waals surface area contributed by atoms with Crippen molar-refractivity contribution in [2.24, 2.45) is 10.8 Å². The maximum atomic E-state index is 14.1. The Morgan fingerprint density at radius 3 is 2.37 bits per heavy atom. The van der Waals surface area contributed by atoms with E-state index in [-0.39, 0.29) is 40.1 Å². The molecule has 57 heavy (non-hydrogen) atoms. The Kier molecular flexibility index (Phi) is 8.74. The molecule has 1 N–H and O–H groups in total. The number of alkyl halides is 3.